The highest BCUT2D eigenvalue weighted by Gasteiger charge is 2.57. The van der Waals surface area contributed by atoms with E-state index in [2.05, 4.69) is 4.98 Å². The molecule has 28 heavy (non-hydrogen) atoms. The Hall–Kier alpha value is -1.97. The summed E-state index contributed by atoms with van der Waals surface area (Å²) in [5.41, 5.74) is 0.611. The summed E-state index contributed by atoms with van der Waals surface area (Å²) >= 11 is 1.38. The second kappa shape index (κ2) is 6.53. The molecule has 0 N–H and O–H groups in total. The lowest BCUT2D eigenvalue weighted by Crippen LogP contribution is -2.50. The van der Waals surface area contributed by atoms with Crippen LogP contribution in [0.5, 0.6) is 0 Å². The molecule has 0 fully saturated rings. The first kappa shape index (κ1) is 19.4. The Kier molecular flexibility index (Phi) is 4.52. The highest BCUT2D eigenvalue weighted by Crippen LogP contribution is 2.55. The first-order valence-corrected chi connectivity index (χ1v) is 9.65. The summed E-state index contributed by atoms with van der Waals surface area (Å²) in [5.74, 6) is 0.604. The van der Waals surface area contributed by atoms with Crippen LogP contribution >= 0.6 is 11.8 Å². The second-order valence-corrected chi connectivity index (χ2v) is 7.83. The molecule has 1 aromatic rings. The van der Waals surface area contributed by atoms with Crippen molar-refractivity contribution in [2.75, 3.05) is 25.1 Å². The molecule has 0 saturated heterocycles. The van der Waals surface area contributed by atoms with E-state index in [4.69, 9.17) is 9.47 Å². The maximum Gasteiger partial charge on any atom is 0.431 e. The Balaban J connectivity index is 2.00. The third-order valence-electron chi connectivity index (χ3n) is 5.21. The van der Waals surface area contributed by atoms with Gasteiger partial charge in [-0.3, -0.25) is 9.47 Å². The van der Waals surface area contributed by atoms with E-state index >= 15 is 0 Å². The Morgan fingerprint density at radius 2 is 2.04 bits per heavy atom. The van der Waals surface area contributed by atoms with E-state index in [-0.39, 0.29) is 12.1 Å². The molecule has 2 aliphatic heterocycles. The van der Waals surface area contributed by atoms with Gasteiger partial charge in [0.1, 0.15) is 22.4 Å². The predicted octanol–water partition coefficient (Wildman–Crippen LogP) is 4.36. The number of thioether (sulfide) groups is 1. The third-order valence-corrected chi connectivity index (χ3v) is 6.15. The van der Waals surface area contributed by atoms with Crippen molar-refractivity contribution in [2.24, 2.45) is 0 Å². The molecule has 150 valence electrons. The van der Waals surface area contributed by atoms with Crippen LogP contribution in [0.4, 0.5) is 19.1 Å². The molecule has 5 nitrogen and oxygen atoms in total. The number of ether oxygens (including phenoxy) is 2. The lowest BCUT2D eigenvalue weighted by atomic mass is 9.79. The maximum atomic E-state index is 13.9. The Morgan fingerprint density at radius 1 is 1.29 bits per heavy atom. The zero-order valence-corrected chi connectivity index (χ0v) is 16.7. The van der Waals surface area contributed by atoms with Crippen LogP contribution in [0.3, 0.4) is 0 Å². The van der Waals surface area contributed by atoms with Crippen LogP contribution in [0.1, 0.15) is 13.8 Å². The summed E-state index contributed by atoms with van der Waals surface area (Å²) in [5, 5.41) is 0.720. The van der Waals surface area contributed by atoms with Crippen LogP contribution in [0.2, 0.25) is 0 Å². The van der Waals surface area contributed by atoms with Gasteiger partial charge in [-0.2, -0.15) is 13.2 Å². The van der Waals surface area contributed by atoms with Gasteiger partial charge in [-0.25, -0.2) is 4.98 Å². The minimum atomic E-state index is -4.52. The minimum absolute atomic E-state index is 0.238. The van der Waals surface area contributed by atoms with Crippen molar-refractivity contribution in [2.45, 2.75) is 36.7 Å². The number of hydrogen-bond acceptors (Lipinski definition) is 5. The molecule has 3 aliphatic rings. The molecule has 0 bridgehead atoms. The molecule has 2 atom stereocenters. The summed E-state index contributed by atoms with van der Waals surface area (Å²) in [6.07, 6.45) is 2.96. The number of allylic oxidation sites excluding steroid dienone is 3. The van der Waals surface area contributed by atoms with E-state index in [1.165, 1.54) is 22.7 Å². The normalized spacial score (nSPS) is 26.1. The van der Waals surface area contributed by atoms with Crippen molar-refractivity contribution < 1.29 is 22.6 Å². The average molecular weight is 411 g/mol. The van der Waals surface area contributed by atoms with Crippen molar-refractivity contribution in [1.82, 2.24) is 9.55 Å². The van der Waals surface area contributed by atoms with Crippen LogP contribution in [0.25, 0.3) is 5.70 Å². The quantitative estimate of drug-likeness (QED) is 0.418. The third kappa shape index (κ3) is 2.53. The van der Waals surface area contributed by atoms with E-state index in [0.717, 1.165) is 27.9 Å². The number of rotatable bonds is 4. The van der Waals surface area contributed by atoms with E-state index < -0.39 is 17.4 Å². The molecule has 1 aromatic heterocycles. The van der Waals surface area contributed by atoms with Crippen LogP contribution in [0.15, 0.2) is 52.4 Å². The van der Waals surface area contributed by atoms with Gasteiger partial charge < -0.3 is 9.47 Å². The van der Waals surface area contributed by atoms with Crippen LogP contribution < -0.4 is 4.90 Å². The van der Waals surface area contributed by atoms with Crippen LogP contribution in [-0.2, 0) is 9.47 Å². The zero-order valence-electron chi connectivity index (χ0n) is 15.9. The zero-order chi connectivity index (χ0) is 20.3. The van der Waals surface area contributed by atoms with Gasteiger partial charge in [-0.05, 0) is 43.2 Å². The molecule has 0 aromatic carbocycles. The number of fused-ring (bicyclic) bond motifs is 3. The summed E-state index contributed by atoms with van der Waals surface area (Å²) < 4.78 is 54.3. The van der Waals surface area contributed by atoms with Gasteiger partial charge >= 0.3 is 6.18 Å². The van der Waals surface area contributed by atoms with Gasteiger partial charge in [0, 0.05) is 14.2 Å². The number of anilines is 1. The summed E-state index contributed by atoms with van der Waals surface area (Å²) in [6, 6.07) is 0. The second-order valence-electron chi connectivity index (χ2n) is 6.89. The van der Waals surface area contributed by atoms with Crippen molar-refractivity contribution >= 4 is 23.4 Å². The van der Waals surface area contributed by atoms with Gasteiger partial charge in [0.2, 0.25) is 5.95 Å². The first-order valence-electron chi connectivity index (χ1n) is 8.66. The van der Waals surface area contributed by atoms with Gasteiger partial charge in [-0.1, -0.05) is 17.8 Å². The number of methoxy groups -OCH3 is 2. The number of hydrogen-bond donors (Lipinski definition) is 0. The fourth-order valence-electron chi connectivity index (χ4n) is 4.33. The highest BCUT2D eigenvalue weighted by atomic mass is 32.2. The van der Waals surface area contributed by atoms with Crippen LogP contribution in [0, 0.1) is 0 Å². The van der Waals surface area contributed by atoms with Crippen molar-refractivity contribution in [3.05, 3.63) is 47.3 Å². The molecular formula is C19H20F3N3O2S. The standard InChI is InChI=1S/C19H20F3N3O2S/c1-11-8-18-7-5-6-13(19(20,21)22)25(18)17-23-9-14(28-10-26-3)24(17)16(18)12(2)15(11)27-4/h5-9,15H,10H2,1-4H3. The number of imidazole rings is 1. The van der Waals surface area contributed by atoms with Crippen molar-refractivity contribution in [1.29, 1.82) is 0 Å². The number of halogens is 3. The average Bonchev–Trinajstić information content (AvgIpc) is 3.14. The number of alkyl halides is 3. The topological polar surface area (TPSA) is 39.5 Å². The monoisotopic (exact) mass is 411 g/mol. The van der Waals surface area contributed by atoms with Gasteiger partial charge in [0.25, 0.3) is 0 Å². The Morgan fingerprint density at radius 3 is 2.68 bits per heavy atom. The molecule has 4 rings (SSSR count). The lowest BCUT2D eigenvalue weighted by Gasteiger charge is -2.42. The Bertz CT molecular complexity index is 945. The molecule has 0 saturated carbocycles. The summed E-state index contributed by atoms with van der Waals surface area (Å²) in [4.78, 5) is 5.64. The fraction of sp³-hybridized carbons (Fsp3) is 0.421. The largest absolute Gasteiger partial charge is 0.431 e. The summed E-state index contributed by atoms with van der Waals surface area (Å²) in [6.45, 7) is 3.78. The number of aromatic nitrogens is 2. The van der Waals surface area contributed by atoms with Gasteiger partial charge in [0.15, 0.2) is 0 Å². The lowest BCUT2D eigenvalue weighted by molar-refractivity contribution is -0.0941. The van der Waals surface area contributed by atoms with E-state index in [1.807, 2.05) is 19.9 Å². The van der Waals surface area contributed by atoms with E-state index in [9.17, 15) is 13.2 Å². The molecular weight excluding hydrogens is 391 g/mol. The predicted molar refractivity (Wildman–Crippen MR) is 102 cm³/mol. The smallest absolute Gasteiger partial charge is 0.374 e. The molecule has 0 amide bonds. The van der Waals surface area contributed by atoms with Gasteiger partial charge in [0.05, 0.1) is 17.8 Å². The molecule has 2 unspecified atom stereocenters. The minimum Gasteiger partial charge on any atom is -0.374 e. The van der Waals surface area contributed by atoms with Crippen molar-refractivity contribution in [3.63, 3.8) is 0 Å². The maximum absolute atomic E-state index is 13.9. The SMILES string of the molecule is COCSc1cnc2n1C1=C(C)C(OC)C(C)=CC13C=CC=C(C(F)(F)F)N23. The van der Waals surface area contributed by atoms with E-state index in [1.54, 1.807) is 31.1 Å². The molecule has 0 radical (unpaired) electrons. The highest BCUT2D eigenvalue weighted by molar-refractivity contribution is 7.99. The summed E-state index contributed by atoms with van der Waals surface area (Å²) in [7, 11) is 3.17. The molecule has 1 spiro atoms. The Labute approximate surface area is 165 Å². The van der Waals surface area contributed by atoms with Crippen LogP contribution in [-0.4, -0.2) is 47.5 Å². The molecule has 3 heterocycles. The fourth-order valence-corrected chi connectivity index (χ4v) is 5.00. The number of nitrogens with zero attached hydrogens (tertiary/aromatic N) is 3. The van der Waals surface area contributed by atoms with Gasteiger partial charge in [-0.15, -0.1) is 0 Å². The molecule has 9 heteroatoms. The molecule has 1 aliphatic carbocycles. The first-order chi connectivity index (χ1) is 13.3. The van der Waals surface area contributed by atoms with E-state index in [0.29, 0.717) is 5.94 Å². The van der Waals surface area contributed by atoms with Crippen molar-refractivity contribution in [3.8, 4) is 0 Å².